The highest BCUT2D eigenvalue weighted by Gasteiger charge is 2.21. The highest BCUT2D eigenvalue weighted by atomic mass is 32.1. The molecule has 3 rings (SSSR count). The van der Waals surface area contributed by atoms with Gasteiger partial charge in [-0.05, 0) is 31.5 Å². The maximum absolute atomic E-state index is 9.55. The van der Waals surface area contributed by atoms with E-state index in [1.165, 1.54) is 29.0 Å². The highest BCUT2D eigenvalue weighted by molar-refractivity contribution is 7.18. The molecular weight excluding hydrogens is 256 g/mol. The van der Waals surface area contributed by atoms with Crippen LogP contribution in [0.15, 0.2) is 24.3 Å². The van der Waals surface area contributed by atoms with Gasteiger partial charge in [-0.3, -0.25) is 4.90 Å². The van der Waals surface area contributed by atoms with Gasteiger partial charge in [-0.15, -0.1) is 11.3 Å². The maximum Gasteiger partial charge on any atom is 0.108 e. The summed E-state index contributed by atoms with van der Waals surface area (Å²) >= 11 is 1.78. The minimum Gasteiger partial charge on any atom is -0.395 e. The van der Waals surface area contributed by atoms with Gasteiger partial charge in [0.15, 0.2) is 0 Å². The van der Waals surface area contributed by atoms with Crippen molar-refractivity contribution in [3.63, 3.8) is 0 Å². The molecule has 0 radical (unpaired) electrons. The van der Waals surface area contributed by atoms with Gasteiger partial charge in [0.05, 0.1) is 23.4 Å². The summed E-state index contributed by atoms with van der Waals surface area (Å²) in [6.45, 7) is 2.23. The van der Waals surface area contributed by atoms with Gasteiger partial charge in [0, 0.05) is 6.04 Å². The van der Waals surface area contributed by atoms with Crippen LogP contribution in [-0.2, 0) is 6.54 Å². The van der Waals surface area contributed by atoms with Crippen LogP contribution in [0, 0.1) is 0 Å². The van der Waals surface area contributed by atoms with E-state index in [2.05, 4.69) is 23.1 Å². The summed E-state index contributed by atoms with van der Waals surface area (Å²) in [5, 5.41) is 10.7. The molecule has 1 aliphatic rings. The molecule has 1 unspecified atom stereocenters. The van der Waals surface area contributed by atoms with E-state index in [1.807, 2.05) is 6.07 Å². The van der Waals surface area contributed by atoms with Gasteiger partial charge in [-0.25, -0.2) is 4.98 Å². The number of hydrogen-bond donors (Lipinski definition) is 1. The zero-order valence-corrected chi connectivity index (χ0v) is 11.9. The molecule has 0 spiro atoms. The van der Waals surface area contributed by atoms with Gasteiger partial charge in [-0.1, -0.05) is 25.0 Å². The van der Waals surface area contributed by atoms with Gasteiger partial charge in [0.1, 0.15) is 5.01 Å². The summed E-state index contributed by atoms with van der Waals surface area (Å²) in [7, 11) is 0. The van der Waals surface area contributed by atoms with E-state index >= 15 is 0 Å². The lowest BCUT2D eigenvalue weighted by Gasteiger charge is -2.27. The Bertz CT molecular complexity index is 507. The van der Waals surface area contributed by atoms with Gasteiger partial charge in [-0.2, -0.15) is 0 Å². The molecule has 1 N–H and O–H groups in total. The Morgan fingerprint density at radius 3 is 3.00 bits per heavy atom. The lowest BCUT2D eigenvalue weighted by Crippen LogP contribution is -2.36. The number of likely N-dealkylation sites (tertiary alicyclic amines) is 1. The Labute approximate surface area is 117 Å². The van der Waals surface area contributed by atoms with Crippen LogP contribution in [0.2, 0.25) is 0 Å². The first-order valence-electron chi connectivity index (χ1n) is 7.06. The first-order chi connectivity index (χ1) is 9.36. The number of thiazole rings is 1. The molecule has 1 aromatic carbocycles. The molecule has 0 bridgehead atoms. The number of aliphatic hydroxyl groups excluding tert-OH is 1. The number of para-hydroxylation sites is 1. The van der Waals surface area contributed by atoms with Crippen LogP contribution >= 0.6 is 11.3 Å². The van der Waals surface area contributed by atoms with Crippen molar-refractivity contribution in [2.75, 3.05) is 13.2 Å². The minimum atomic E-state index is 0.269. The molecule has 4 heteroatoms. The van der Waals surface area contributed by atoms with Crippen molar-refractivity contribution in [3.05, 3.63) is 29.3 Å². The Kier molecular flexibility index (Phi) is 4.11. The number of aromatic nitrogens is 1. The zero-order chi connectivity index (χ0) is 13.1. The first-order valence-corrected chi connectivity index (χ1v) is 7.88. The monoisotopic (exact) mass is 276 g/mol. The topological polar surface area (TPSA) is 36.4 Å². The summed E-state index contributed by atoms with van der Waals surface area (Å²) in [5.41, 5.74) is 1.10. The van der Waals surface area contributed by atoms with Crippen LogP contribution in [0.3, 0.4) is 0 Å². The van der Waals surface area contributed by atoms with Crippen molar-refractivity contribution in [1.29, 1.82) is 0 Å². The van der Waals surface area contributed by atoms with E-state index in [1.54, 1.807) is 11.3 Å². The summed E-state index contributed by atoms with van der Waals surface area (Å²) < 4.78 is 1.26. The molecule has 1 atom stereocenters. The summed E-state index contributed by atoms with van der Waals surface area (Å²) in [4.78, 5) is 7.11. The molecule has 0 aliphatic carbocycles. The van der Waals surface area contributed by atoms with Crippen molar-refractivity contribution < 1.29 is 5.11 Å². The predicted molar refractivity (Wildman–Crippen MR) is 79.4 cm³/mol. The molecule has 1 aromatic heterocycles. The van der Waals surface area contributed by atoms with Crippen molar-refractivity contribution >= 4 is 21.6 Å². The van der Waals surface area contributed by atoms with Crippen molar-refractivity contribution in [1.82, 2.24) is 9.88 Å². The number of fused-ring (bicyclic) bond motifs is 1. The zero-order valence-electron chi connectivity index (χ0n) is 11.1. The quantitative estimate of drug-likeness (QED) is 0.936. The van der Waals surface area contributed by atoms with Gasteiger partial charge in [0.25, 0.3) is 0 Å². The third kappa shape index (κ3) is 2.96. The Balaban J connectivity index is 1.78. The van der Waals surface area contributed by atoms with E-state index in [0.29, 0.717) is 6.04 Å². The molecule has 2 heterocycles. The lowest BCUT2D eigenvalue weighted by atomic mass is 10.1. The predicted octanol–water partition coefficient (Wildman–Crippen LogP) is 3.03. The second-order valence-electron chi connectivity index (χ2n) is 5.23. The lowest BCUT2D eigenvalue weighted by molar-refractivity contribution is 0.118. The summed E-state index contributed by atoms with van der Waals surface area (Å²) in [5.74, 6) is 0. The molecule has 0 amide bonds. The number of rotatable bonds is 3. The summed E-state index contributed by atoms with van der Waals surface area (Å²) in [6, 6.07) is 8.61. The fraction of sp³-hybridized carbons (Fsp3) is 0.533. The molecule has 0 saturated carbocycles. The molecule has 3 nitrogen and oxygen atoms in total. The van der Waals surface area contributed by atoms with E-state index in [0.717, 1.165) is 25.0 Å². The van der Waals surface area contributed by atoms with Gasteiger partial charge < -0.3 is 5.11 Å². The van der Waals surface area contributed by atoms with E-state index < -0.39 is 0 Å². The molecule has 1 fully saturated rings. The Morgan fingerprint density at radius 2 is 2.16 bits per heavy atom. The van der Waals surface area contributed by atoms with Crippen molar-refractivity contribution in [3.8, 4) is 0 Å². The second-order valence-corrected chi connectivity index (χ2v) is 6.35. The smallest absolute Gasteiger partial charge is 0.108 e. The molecule has 102 valence electrons. The average Bonchev–Trinajstić information content (AvgIpc) is 2.70. The molecule has 19 heavy (non-hydrogen) atoms. The largest absolute Gasteiger partial charge is 0.395 e. The number of nitrogens with zero attached hydrogens (tertiary/aromatic N) is 2. The van der Waals surface area contributed by atoms with Crippen LogP contribution in [0.25, 0.3) is 10.2 Å². The van der Waals surface area contributed by atoms with Gasteiger partial charge >= 0.3 is 0 Å². The number of aliphatic hydroxyl groups is 1. The highest BCUT2D eigenvalue weighted by Crippen LogP contribution is 2.25. The normalized spacial score (nSPS) is 21.6. The Hall–Kier alpha value is -0.970. The third-order valence-electron chi connectivity index (χ3n) is 3.89. The SMILES string of the molecule is OCC1CCCCCN1Cc1nc2ccccc2s1. The third-order valence-corrected chi connectivity index (χ3v) is 4.91. The second kappa shape index (κ2) is 5.99. The van der Waals surface area contributed by atoms with E-state index in [9.17, 15) is 5.11 Å². The molecule has 1 aliphatic heterocycles. The van der Waals surface area contributed by atoms with Crippen LogP contribution in [0.4, 0.5) is 0 Å². The summed E-state index contributed by atoms with van der Waals surface area (Å²) in [6.07, 6.45) is 4.87. The number of benzene rings is 1. The fourth-order valence-corrected chi connectivity index (χ4v) is 3.81. The number of hydrogen-bond acceptors (Lipinski definition) is 4. The molecular formula is C15H20N2OS. The van der Waals surface area contributed by atoms with Crippen LogP contribution in [0.5, 0.6) is 0 Å². The van der Waals surface area contributed by atoms with Crippen LogP contribution in [-0.4, -0.2) is 34.2 Å². The van der Waals surface area contributed by atoms with Crippen molar-refractivity contribution in [2.45, 2.75) is 38.3 Å². The van der Waals surface area contributed by atoms with Crippen LogP contribution < -0.4 is 0 Å². The average molecular weight is 276 g/mol. The first kappa shape index (κ1) is 13.0. The minimum absolute atomic E-state index is 0.269. The van der Waals surface area contributed by atoms with Gasteiger partial charge in [0.2, 0.25) is 0 Å². The van der Waals surface area contributed by atoms with E-state index in [-0.39, 0.29) is 6.61 Å². The molecule has 1 saturated heterocycles. The molecule has 2 aromatic rings. The van der Waals surface area contributed by atoms with Crippen LogP contribution in [0.1, 0.15) is 30.7 Å². The maximum atomic E-state index is 9.55. The van der Waals surface area contributed by atoms with E-state index in [4.69, 9.17) is 4.98 Å². The Morgan fingerprint density at radius 1 is 1.26 bits per heavy atom. The standard InChI is InChI=1S/C15H20N2OS/c18-11-12-6-2-1-5-9-17(12)10-15-16-13-7-3-4-8-14(13)19-15/h3-4,7-8,12,18H,1-2,5-6,9-11H2. The fourth-order valence-electron chi connectivity index (χ4n) is 2.81. The van der Waals surface area contributed by atoms with Crippen molar-refractivity contribution in [2.24, 2.45) is 0 Å².